The lowest BCUT2D eigenvalue weighted by Gasteiger charge is -2.11. The Labute approximate surface area is 70.5 Å². The molecule has 1 heterocycles. The van der Waals surface area contributed by atoms with E-state index >= 15 is 0 Å². The molecule has 0 aromatic carbocycles. The molecule has 1 fully saturated rings. The smallest absolute Gasteiger partial charge is 0.0713 e. The Balaban J connectivity index is 0.000000461. The SMILES string of the molecule is CC.CO[C@H]1C[C@@H](C)N(C)C1. The van der Waals surface area contributed by atoms with Crippen molar-refractivity contribution in [3.05, 3.63) is 0 Å². The van der Waals surface area contributed by atoms with Gasteiger partial charge < -0.3 is 9.64 Å². The van der Waals surface area contributed by atoms with Crippen molar-refractivity contribution in [2.24, 2.45) is 0 Å². The van der Waals surface area contributed by atoms with Gasteiger partial charge in [-0.05, 0) is 20.4 Å². The van der Waals surface area contributed by atoms with Crippen LogP contribution in [0.5, 0.6) is 0 Å². The van der Waals surface area contributed by atoms with Crippen LogP contribution in [0.4, 0.5) is 0 Å². The molecular weight excluding hydrogens is 138 g/mol. The zero-order valence-corrected chi connectivity index (χ0v) is 8.42. The molecule has 0 unspecified atom stereocenters. The number of methoxy groups -OCH3 is 1. The van der Waals surface area contributed by atoms with Gasteiger partial charge in [0.25, 0.3) is 0 Å². The maximum Gasteiger partial charge on any atom is 0.0713 e. The summed E-state index contributed by atoms with van der Waals surface area (Å²) in [4.78, 5) is 2.33. The van der Waals surface area contributed by atoms with Crippen LogP contribution in [0.2, 0.25) is 0 Å². The van der Waals surface area contributed by atoms with E-state index in [2.05, 4.69) is 18.9 Å². The zero-order chi connectivity index (χ0) is 8.85. The summed E-state index contributed by atoms with van der Waals surface area (Å²) in [5.74, 6) is 0. The van der Waals surface area contributed by atoms with E-state index in [1.165, 1.54) is 6.42 Å². The Bertz CT molecular complexity index is 85.6. The van der Waals surface area contributed by atoms with Gasteiger partial charge in [0.2, 0.25) is 0 Å². The minimum atomic E-state index is 0.477. The van der Waals surface area contributed by atoms with Gasteiger partial charge in [0.05, 0.1) is 6.10 Å². The number of hydrogen-bond acceptors (Lipinski definition) is 2. The summed E-state index contributed by atoms with van der Waals surface area (Å²) >= 11 is 0. The number of ether oxygens (including phenoxy) is 1. The van der Waals surface area contributed by atoms with Crippen LogP contribution in [0.1, 0.15) is 27.2 Å². The standard InChI is InChI=1S/C7H15NO.C2H6/c1-6-4-7(9-3)5-8(6)2;1-2/h6-7H,4-5H2,1-3H3;1-2H3/t6-,7+;/m1./s1. The molecular formula is C9H21NO. The molecule has 0 amide bonds. The molecule has 2 nitrogen and oxygen atoms in total. The molecule has 0 N–H and O–H groups in total. The van der Waals surface area contributed by atoms with Gasteiger partial charge in [0.15, 0.2) is 0 Å². The number of rotatable bonds is 1. The van der Waals surface area contributed by atoms with Crippen molar-refractivity contribution in [2.75, 3.05) is 20.7 Å². The molecule has 11 heavy (non-hydrogen) atoms. The second-order valence-corrected chi connectivity index (χ2v) is 2.88. The molecule has 2 atom stereocenters. The van der Waals surface area contributed by atoms with Gasteiger partial charge in [-0.2, -0.15) is 0 Å². The Hall–Kier alpha value is -0.0800. The van der Waals surface area contributed by atoms with Crippen molar-refractivity contribution in [1.29, 1.82) is 0 Å². The minimum Gasteiger partial charge on any atom is -0.380 e. The Morgan fingerprint density at radius 2 is 1.91 bits per heavy atom. The molecule has 1 rings (SSSR count). The van der Waals surface area contributed by atoms with Crippen molar-refractivity contribution in [3.63, 3.8) is 0 Å². The summed E-state index contributed by atoms with van der Waals surface area (Å²) < 4.78 is 5.21. The van der Waals surface area contributed by atoms with E-state index in [0.717, 1.165) is 6.54 Å². The average Bonchev–Trinajstić information content (AvgIpc) is 2.36. The predicted molar refractivity (Wildman–Crippen MR) is 48.9 cm³/mol. The van der Waals surface area contributed by atoms with Gasteiger partial charge in [0, 0.05) is 19.7 Å². The molecule has 0 aliphatic carbocycles. The third-order valence-electron chi connectivity index (χ3n) is 2.18. The van der Waals surface area contributed by atoms with Crippen LogP contribution in [0.15, 0.2) is 0 Å². The van der Waals surface area contributed by atoms with Crippen LogP contribution in [0, 0.1) is 0 Å². The minimum absolute atomic E-state index is 0.477. The quantitative estimate of drug-likeness (QED) is 0.578. The molecule has 0 bridgehead atoms. The normalized spacial score (nSPS) is 31.4. The lowest BCUT2D eigenvalue weighted by Crippen LogP contribution is -2.22. The van der Waals surface area contributed by atoms with Gasteiger partial charge in [-0.25, -0.2) is 0 Å². The molecule has 0 aromatic heterocycles. The number of nitrogens with zero attached hydrogens (tertiary/aromatic N) is 1. The molecule has 0 radical (unpaired) electrons. The Kier molecular flexibility index (Phi) is 5.51. The molecule has 2 heteroatoms. The van der Waals surface area contributed by atoms with Gasteiger partial charge in [-0.3, -0.25) is 0 Å². The van der Waals surface area contributed by atoms with Crippen LogP contribution < -0.4 is 0 Å². The van der Waals surface area contributed by atoms with Crippen LogP contribution >= 0.6 is 0 Å². The summed E-state index contributed by atoms with van der Waals surface area (Å²) in [5.41, 5.74) is 0. The highest BCUT2D eigenvalue weighted by Crippen LogP contribution is 2.16. The lowest BCUT2D eigenvalue weighted by atomic mass is 10.2. The third-order valence-corrected chi connectivity index (χ3v) is 2.18. The maximum atomic E-state index is 5.21. The van der Waals surface area contributed by atoms with E-state index in [0.29, 0.717) is 12.1 Å². The van der Waals surface area contributed by atoms with Gasteiger partial charge in [-0.15, -0.1) is 0 Å². The van der Waals surface area contributed by atoms with Crippen LogP contribution in [-0.2, 0) is 4.74 Å². The molecule has 1 aliphatic heterocycles. The van der Waals surface area contributed by atoms with Crippen molar-refractivity contribution in [3.8, 4) is 0 Å². The first-order valence-corrected chi connectivity index (χ1v) is 4.47. The van der Waals surface area contributed by atoms with Crippen LogP contribution in [0.3, 0.4) is 0 Å². The second-order valence-electron chi connectivity index (χ2n) is 2.88. The van der Waals surface area contributed by atoms with E-state index in [4.69, 9.17) is 4.74 Å². The van der Waals surface area contributed by atoms with Crippen LogP contribution in [-0.4, -0.2) is 37.7 Å². The fraction of sp³-hybridized carbons (Fsp3) is 1.00. The van der Waals surface area contributed by atoms with Gasteiger partial charge in [0.1, 0.15) is 0 Å². The van der Waals surface area contributed by atoms with E-state index in [-0.39, 0.29) is 0 Å². The summed E-state index contributed by atoms with van der Waals surface area (Å²) in [6, 6.07) is 0.704. The predicted octanol–water partition coefficient (Wildman–Crippen LogP) is 1.75. The van der Waals surface area contributed by atoms with E-state index < -0.39 is 0 Å². The summed E-state index contributed by atoms with van der Waals surface area (Å²) in [6.07, 6.45) is 1.66. The molecule has 1 saturated heterocycles. The van der Waals surface area contributed by atoms with Gasteiger partial charge >= 0.3 is 0 Å². The first kappa shape index (κ1) is 10.9. The number of likely N-dealkylation sites (N-methyl/N-ethyl adjacent to an activating group) is 1. The van der Waals surface area contributed by atoms with Crippen molar-refractivity contribution < 1.29 is 4.74 Å². The highest BCUT2D eigenvalue weighted by molar-refractivity contribution is 4.79. The van der Waals surface area contributed by atoms with E-state index in [1.54, 1.807) is 7.11 Å². The summed E-state index contributed by atoms with van der Waals surface area (Å²) in [7, 11) is 3.93. The topological polar surface area (TPSA) is 12.5 Å². The lowest BCUT2D eigenvalue weighted by molar-refractivity contribution is 0.111. The monoisotopic (exact) mass is 159 g/mol. The van der Waals surface area contributed by atoms with Crippen LogP contribution in [0.25, 0.3) is 0 Å². The highest BCUT2D eigenvalue weighted by Gasteiger charge is 2.25. The Morgan fingerprint density at radius 3 is 2.09 bits per heavy atom. The fourth-order valence-electron chi connectivity index (χ4n) is 1.31. The number of likely N-dealkylation sites (tertiary alicyclic amines) is 1. The zero-order valence-electron chi connectivity index (χ0n) is 8.42. The van der Waals surface area contributed by atoms with Gasteiger partial charge in [-0.1, -0.05) is 13.8 Å². The number of hydrogen-bond donors (Lipinski definition) is 0. The molecule has 1 aliphatic rings. The second kappa shape index (κ2) is 5.56. The highest BCUT2D eigenvalue weighted by atomic mass is 16.5. The molecule has 0 spiro atoms. The average molecular weight is 159 g/mol. The largest absolute Gasteiger partial charge is 0.380 e. The van der Waals surface area contributed by atoms with Crippen molar-refractivity contribution in [1.82, 2.24) is 4.90 Å². The summed E-state index contributed by atoms with van der Waals surface area (Å²) in [5, 5.41) is 0. The van der Waals surface area contributed by atoms with E-state index in [1.807, 2.05) is 13.8 Å². The Morgan fingerprint density at radius 1 is 1.36 bits per heavy atom. The third kappa shape index (κ3) is 3.21. The first-order chi connectivity index (χ1) is 5.24. The van der Waals surface area contributed by atoms with Crippen molar-refractivity contribution in [2.45, 2.75) is 39.3 Å². The fourth-order valence-corrected chi connectivity index (χ4v) is 1.31. The van der Waals surface area contributed by atoms with Crippen molar-refractivity contribution >= 4 is 0 Å². The first-order valence-electron chi connectivity index (χ1n) is 4.47. The van der Waals surface area contributed by atoms with E-state index in [9.17, 15) is 0 Å². The molecule has 0 aromatic rings. The maximum absolute atomic E-state index is 5.21. The molecule has 0 saturated carbocycles. The molecule has 68 valence electrons. The summed E-state index contributed by atoms with van der Waals surface area (Å²) in [6.45, 7) is 7.33.